The van der Waals surface area contributed by atoms with E-state index in [1.165, 1.54) is 18.5 Å². The number of carbonyl (C=O) groups is 2. The molecule has 2 heterocycles. The molecular weight excluding hydrogens is 445 g/mol. The van der Waals surface area contributed by atoms with Crippen molar-refractivity contribution in [1.29, 1.82) is 5.26 Å². The quantitative estimate of drug-likeness (QED) is 0.365. The van der Waals surface area contributed by atoms with Gasteiger partial charge in [-0.15, -0.1) is 11.3 Å². The summed E-state index contributed by atoms with van der Waals surface area (Å²) in [5, 5.41) is 15.2. The Bertz CT molecular complexity index is 1250. The molecule has 0 aliphatic carbocycles. The van der Waals surface area contributed by atoms with Gasteiger partial charge in [0.1, 0.15) is 16.7 Å². The molecule has 0 aliphatic heterocycles. The fraction of sp³-hybridized carbons (Fsp3) is 0.200. The first-order valence-corrected chi connectivity index (χ1v) is 10.1. The van der Waals surface area contributed by atoms with Crippen molar-refractivity contribution in [3.05, 3.63) is 34.9 Å². The zero-order valence-electron chi connectivity index (χ0n) is 16.7. The SMILES string of the molecule is CC(C)(C)OC(=O)Nc1sc2cncc(-c3c(Cl)cc(NC=O)c(N)c3F)c2c1C#N. The number of pyridine rings is 1. The van der Waals surface area contributed by atoms with Gasteiger partial charge >= 0.3 is 6.09 Å². The van der Waals surface area contributed by atoms with Crippen LogP contribution >= 0.6 is 22.9 Å². The summed E-state index contributed by atoms with van der Waals surface area (Å²) < 4.78 is 20.9. The molecule has 0 fully saturated rings. The maximum absolute atomic E-state index is 15.1. The number of aromatic nitrogens is 1. The molecule has 0 bridgehead atoms. The molecule has 0 unspecified atom stereocenters. The second-order valence-corrected chi connectivity index (χ2v) is 8.84. The number of rotatable bonds is 4. The van der Waals surface area contributed by atoms with Crippen molar-refractivity contribution in [2.45, 2.75) is 26.4 Å². The molecule has 8 nitrogen and oxygen atoms in total. The molecule has 160 valence electrons. The largest absolute Gasteiger partial charge is 0.444 e. The summed E-state index contributed by atoms with van der Waals surface area (Å²) in [6.07, 6.45) is 2.46. The third-order valence-electron chi connectivity index (χ3n) is 4.07. The van der Waals surface area contributed by atoms with E-state index in [1.54, 1.807) is 20.8 Å². The van der Waals surface area contributed by atoms with Gasteiger partial charge in [-0.25, -0.2) is 9.18 Å². The van der Waals surface area contributed by atoms with E-state index in [-0.39, 0.29) is 38.1 Å². The second-order valence-electron chi connectivity index (χ2n) is 7.38. The zero-order chi connectivity index (χ0) is 22.9. The number of fused-ring (bicyclic) bond motifs is 1. The standard InChI is InChI=1S/C20H17ClFN5O3S/c1-20(2,3)30-19(29)27-18-9(5-23)14-10(6-25-7-13(14)31-18)15-11(21)4-12(26-8-28)17(24)16(15)22/h4,6-8H,24H2,1-3H3,(H,26,28)(H,27,29). The van der Waals surface area contributed by atoms with Crippen LogP contribution in [0.3, 0.4) is 0 Å². The van der Waals surface area contributed by atoms with E-state index in [0.717, 1.165) is 11.3 Å². The number of benzene rings is 1. The average Bonchev–Trinajstić information content (AvgIpc) is 3.02. The molecule has 3 rings (SSSR count). The summed E-state index contributed by atoms with van der Waals surface area (Å²) in [6, 6.07) is 3.35. The topological polar surface area (TPSA) is 130 Å². The van der Waals surface area contributed by atoms with Crippen LogP contribution in [0.15, 0.2) is 18.5 Å². The number of nitrogens with two attached hydrogens (primary N) is 1. The highest BCUT2D eigenvalue weighted by molar-refractivity contribution is 7.23. The lowest BCUT2D eigenvalue weighted by Gasteiger charge is -2.19. The first-order valence-electron chi connectivity index (χ1n) is 8.86. The molecule has 0 aliphatic rings. The number of thiophene rings is 1. The minimum atomic E-state index is -0.872. The van der Waals surface area contributed by atoms with Gasteiger partial charge in [-0.3, -0.25) is 15.1 Å². The van der Waals surface area contributed by atoms with Gasteiger partial charge in [0.2, 0.25) is 6.41 Å². The number of nitrogens with zero attached hydrogens (tertiary/aromatic N) is 2. The number of nitriles is 1. The lowest BCUT2D eigenvalue weighted by atomic mass is 9.99. The van der Waals surface area contributed by atoms with Crippen molar-refractivity contribution < 1.29 is 18.7 Å². The summed E-state index contributed by atoms with van der Waals surface area (Å²) in [5.41, 5.74) is 5.02. The normalized spacial score (nSPS) is 11.1. The van der Waals surface area contributed by atoms with Crippen molar-refractivity contribution in [3.8, 4) is 17.2 Å². The molecule has 2 aromatic heterocycles. The lowest BCUT2D eigenvalue weighted by molar-refractivity contribution is -0.105. The van der Waals surface area contributed by atoms with E-state index < -0.39 is 17.5 Å². The number of carbonyl (C=O) groups excluding carboxylic acids is 2. The molecule has 11 heteroatoms. The predicted octanol–water partition coefficient (Wildman–Crippen LogP) is 5.12. The van der Waals surface area contributed by atoms with Crippen LogP contribution in [0.2, 0.25) is 5.02 Å². The van der Waals surface area contributed by atoms with Crippen LogP contribution in [-0.4, -0.2) is 23.1 Å². The van der Waals surface area contributed by atoms with Gasteiger partial charge < -0.3 is 15.8 Å². The van der Waals surface area contributed by atoms with Crippen LogP contribution in [0.5, 0.6) is 0 Å². The lowest BCUT2D eigenvalue weighted by Crippen LogP contribution is -2.27. The number of hydrogen-bond acceptors (Lipinski definition) is 7. The van der Waals surface area contributed by atoms with Crippen LogP contribution in [0.1, 0.15) is 26.3 Å². The third kappa shape index (κ3) is 4.38. The van der Waals surface area contributed by atoms with E-state index in [4.69, 9.17) is 22.1 Å². The number of anilines is 3. The van der Waals surface area contributed by atoms with Crippen molar-refractivity contribution >= 4 is 61.9 Å². The summed E-state index contributed by atoms with van der Waals surface area (Å²) >= 11 is 7.37. The van der Waals surface area contributed by atoms with E-state index in [0.29, 0.717) is 16.5 Å². The third-order valence-corrected chi connectivity index (χ3v) is 5.40. The number of amides is 2. The second kappa shape index (κ2) is 8.37. The molecule has 4 N–H and O–H groups in total. The van der Waals surface area contributed by atoms with Gasteiger partial charge in [0.15, 0.2) is 5.82 Å². The maximum Gasteiger partial charge on any atom is 0.412 e. The van der Waals surface area contributed by atoms with Crippen molar-refractivity contribution in [2.75, 3.05) is 16.4 Å². The minimum absolute atomic E-state index is 0.0134. The van der Waals surface area contributed by atoms with Crippen molar-refractivity contribution in [2.24, 2.45) is 0 Å². The molecule has 0 saturated heterocycles. The number of halogens is 2. The van der Waals surface area contributed by atoms with Gasteiger partial charge in [-0.1, -0.05) is 11.6 Å². The fourth-order valence-electron chi connectivity index (χ4n) is 2.90. The van der Waals surface area contributed by atoms with E-state index >= 15 is 4.39 Å². The zero-order valence-corrected chi connectivity index (χ0v) is 18.2. The van der Waals surface area contributed by atoms with Gasteiger partial charge in [0.05, 0.1) is 26.7 Å². The number of ether oxygens (including phenoxy) is 1. The van der Waals surface area contributed by atoms with E-state index in [9.17, 15) is 14.9 Å². The maximum atomic E-state index is 15.1. The van der Waals surface area contributed by atoms with Crippen LogP contribution in [0.25, 0.3) is 21.2 Å². The summed E-state index contributed by atoms with van der Waals surface area (Å²) in [4.78, 5) is 27.0. The highest BCUT2D eigenvalue weighted by atomic mass is 35.5. The average molecular weight is 462 g/mol. The Morgan fingerprint density at radius 1 is 1.42 bits per heavy atom. The molecule has 0 saturated carbocycles. The van der Waals surface area contributed by atoms with Gasteiger partial charge in [0, 0.05) is 28.9 Å². The Balaban J connectivity index is 2.20. The van der Waals surface area contributed by atoms with Gasteiger partial charge in [0.25, 0.3) is 0 Å². The number of hydrogen-bond donors (Lipinski definition) is 3. The van der Waals surface area contributed by atoms with Crippen molar-refractivity contribution in [3.63, 3.8) is 0 Å². The Kier molecular flexibility index (Phi) is 6.01. The van der Waals surface area contributed by atoms with Crippen LogP contribution in [0, 0.1) is 17.1 Å². The minimum Gasteiger partial charge on any atom is -0.444 e. The monoisotopic (exact) mass is 461 g/mol. The first kappa shape index (κ1) is 22.3. The molecule has 0 radical (unpaired) electrons. The van der Waals surface area contributed by atoms with Crippen LogP contribution in [-0.2, 0) is 9.53 Å². The van der Waals surface area contributed by atoms with E-state index in [2.05, 4.69) is 15.6 Å². The summed E-state index contributed by atoms with van der Waals surface area (Å²) in [5.74, 6) is -0.872. The fourth-order valence-corrected chi connectivity index (χ4v) is 4.22. The Labute approximate surface area is 185 Å². The molecular formula is C20H17ClFN5O3S. The molecule has 0 spiro atoms. The van der Waals surface area contributed by atoms with Crippen LogP contribution in [0.4, 0.5) is 25.6 Å². The summed E-state index contributed by atoms with van der Waals surface area (Å²) in [7, 11) is 0. The molecule has 3 aromatic rings. The highest BCUT2D eigenvalue weighted by Crippen LogP contribution is 2.45. The molecule has 0 atom stereocenters. The summed E-state index contributed by atoms with van der Waals surface area (Å²) in [6.45, 7) is 5.13. The Hall–Kier alpha value is -3.42. The molecule has 2 amide bonds. The molecule has 1 aromatic carbocycles. The number of nitrogen functional groups attached to an aromatic ring is 1. The first-order chi connectivity index (χ1) is 14.6. The highest BCUT2D eigenvalue weighted by Gasteiger charge is 2.25. The van der Waals surface area contributed by atoms with Crippen LogP contribution < -0.4 is 16.4 Å². The molecule has 31 heavy (non-hydrogen) atoms. The smallest absolute Gasteiger partial charge is 0.412 e. The van der Waals surface area contributed by atoms with Crippen molar-refractivity contribution in [1.82, 2.24) is 4.98 Å². The predicted molar refractivity (Wildman–Crippen MR) is 119 cm³/mol. The Morgan fingerprint density at radius 3 is 2.74 bits per heavy atom. The van der Waals surface area contributed by atoms with Gasteiger partial charge in [-0.05, 0) is 26.8 Å². The van der Waals surface area contributed by atoms with E-state index in [1.807, 2.05) is 6.07 Å². The number of nitrogens with one attached hydrogen (secondary N) is 2. The Morgan fingerprint density at radius 2 is 2.13 bits per heavy atom. The van der Waals surface area contributed by atoms with Gasteiger partial charge in [-0.2, -0.15) is 5.26 Å².